The molecule has 3 aromatic carbocycles. The number of hydrogen-bond donors (Lipinski definition) is 1. The van der Waals surface area contributed by atoms with Crippen molar-refractivity contribution in [3.63, 3.8) is 0 Å². The molecule has 1 atom stereocenters. The van der Waals surface area contributed by atoms with Crippen LogP contribution in [0.3, 0.4) is 0 Å². The molecule has 1 N–H and O–H groups in total. The van der Waals surface area contributed by atoms with Crippen LogP contribution in [0.5, 0.6) is 5.75 Å². The summed E-state index contributed by atoms with van der Waals surface area (Å²) in [7, 11) is 1.52. The maximum Gasteiger partial charge on any atom is 0.256 e. The lowest BCUT2D eigenvalue weighted by Gasteiger charge is -2.16. The number of carbonyl (C=O) groups is 1. The Bertz CT molecular complexity index is 1220. The molecule has 0 aliphatic heterocycles. The van der Waals surface area contributed by atoms with Crippen LogP contribution in [0.15, 0.2) is 79.0 Å². The van der Waals surface area contributed by atoms with Gasteiger partial charge in [0.2, 0.25) is 0 Å². The number of amides is 1. The van der Waals surface area contributed by atoms with Crippen LogP contribution >= 0.6 is 0 Å². The fourth-order valence-corrected chi connectivity index (χ4v) is 3.57. The Hall–Kier alpha value is -3.73. The number of halogens is 1. The van der Waals surface area contributed by atoms with Crippen LogP contribution in [0.1, 0.15) is 33.2 Å². The van der Waals surface area contributed by atoms with Gasteiger partial charge < -0.3 is 10.1 Å². The highest BCUT2D eigenvalue weighted by molar-refractivity contribution is 6.09. The second-order valence-electron chi connectivity index (χ2n) is 7.45. The zero-order chi connectivity index (χ0) is 21.8. The van der Waals surface area contributed by atoms with E-state index >= 15 is 4.39 Å². The van der Waals surface area contributed by atoms with Crippen LogP contribution < -0.4 is 10.1 Å². The SMILES string of the molecule is COc1ccc(C(F)Cc2ccc(C)cc2)c(C(=O)Nc2cccc3cccnc23)c1. The van der Waals surface area contributed by atoms with E-state index in [4.69, 9.17) is 4.74 Å². The third-order valence-corrected chi connectivity index (χ3v) is 5.26. The number of hydrogen-bond acceptors (Lipinski definition) is 3. The van der Waals surface area contributed by atoms with E-state index < -0.39 is 12.1 Å². The van der Waals surface area contributed by atoms with Gasteiger partial charge in [0.15, 0.2) is 0 Å². The summed E-state index contributed by atoms with van der Waals surface area (Å²) in [6.07, 6.45) is 0.525. The first-order valence-electron chi connectivity index (χ1n) is 10.1. The number of alkyl halides is 1. The summed E-state index contributed by atoms with van der Waals surface area (Å²) in [5, 5.41) is 3.81. The van der Waals surface area contributed by atoms with Crippen molar-refractivity contribution in [3.8, 4) is 5.75 Å². The molecule has 1 amide bonds. The van der Waals surface area contributed by atoms with Gasteiger partial charge in [-0.3, -0.25) is 9.78 Å². The van der Waals surface area contributed by atoms with Crippen LogP contribution in [-0.4, -0.2) is 18.0 Å². The number of pyridine rings is 1. The molecule has 0 saturated carbocycles. The third kappa shape index (κ3) is 4.56. The van der Waals surface area contributed by atoms with Crippen molar-refractivity contribution < 1.29 is 13.9 Å². The number of anilines is 1. The molecule has 0 saturated heterocycles. The summed E-state index contributed by atoms with van der Waals surface area (Å²) in [5.41, 5.74) is 3.81. The summed E-state index contributed by atoms with van der Waals surface area (Å²) < 4.78 is 20.6. The maximum atomic E-state index is 15.3. The first kappa shape index (κ1) is 20.5. The van der Waals surface area contributed by atoms with Crippen LogP contribution in [-0.2, 0) is 6.42 Å². The van der Waals surface area contributed by atoms with Crippen molar-refractivity contribution in [2.45, 2.75) is 19.5 Å². The minimum Gasteiger partial charge on any atom is -0.497 e. The highest BCUT2D eigenvalue weighted by atomic mass is 19.1. The summed E-state index contributed by atoms with van der Waals surface area (Å²) in [6, 6.07) is 21.9. The topological polar surface area (TPSA) is 51.2 Å². The number of aryl methyl sites for hydroxylation is 1. The molecule has 156 valence electrons. The van der Waals surface area contributed by atoms with Crippen molar-refractivity contribution in [1.82, 2.24) is 4.98 Å². The number of benzene rings is 3. The van der Waals surface area contributed by atoms with Crippen LogP contribution in [0.4, 0.5) is 10.1 Å². The molecule has 0 radical (unpaired) electrons. The Kier molecular flexibility index (Phi) is 5.94. The second kappa shape index (κ2) is 8.96. The normalized spacial score (nSPS) is 11.8. The highest BCUT2D eigenvalue weighted by Gasteiger charge is 2.21. The molecule has 1 unspecified atom stereocenters. The lowest BCUT2D eigenvalue weighted by Crippen LogP contribution is -2.16. The Morgan fingerprint density at radius 2 is 1.84 bits per heavy atom. The minimum absolute atomic E-state index is 0.183. The molecule has 31 heavy (non-hydrogen) atoms. The fraction of sp³-hybridized carbons (Fsp3) is 0.154. The number of aromatic nitrogens is 1. The standard InChI is InChI=1S/C26H23FN2O2/c1-17-8-10-18(11-9-17)15-23(27)21-13-12-20(31-2)16-22(21)26(30)29-24-7-3-5-19-6-4-14-28-25(19)24/h3-14,16,23H,15H2,1-2H3,(H,29,30). The number of fused-ring (bicyclic) bond motifs is 1. The average molecular weight is 414 g/mol. The number of methoxy groups -OCH3 is 1. The monoisotopic (exact) mass is 414 g/mol. The molecule has 0 aliphatic carbocycles. The molecular weight excluding hydrogens is 391 g/mol. The smallest absolute Gasteiger partial charge is 0.256 e. The quantitative estimate of drug-likeness (QED) is 0.417. The molecule has 4 aromatic rings. The van der Waals surface area contributed by atoms with E-state index in [1.165, 1.54) is 7.11 Å². The Balaban J connectivity index is 1.66. The molecule has 0 aliphatic rings. The van der Waals surface area contributed by atoms with Crippen molar-refractivity contribution in [1.29, 1.82) is 0 Å². The van der Waals surface area contributed by atoms with Gasteiger partial charge >= 0.3 is 0 Å². The van der Waals surface area contributed by atoms with Gasteiger partial charge in [-0.1, -0.05) is 54.1 Å². The van der Waals surface area contributed by atoms with Crippen molar-refractivity contribution >= 4 is 22.5 Å². The second-order valence-corrected chi connectivity index (χ2v) is 7.45. The van der Waals surface area contributed by atoms with Crippen LogP contribution in [0, 0.1) is 6.92 Å². The van der Waals surface area contributed by atoms with Crippen molar-refractivity contribution in [3.05, 3.63) is 101 Å². The van der Waals surface area contributed by atoms with Gasteiger partial charge in [-0.05, 0) is 42.3 Å². The molecule has 4 rings (SSSR count). The van der Waals surface area contributed by atoms with Gasteiger partial charge in [-0.25, -0.2) is 4.39 Å². The van der Waals surface area contributed by atoms with Crippen molar-refractivity contribution in [2.24, 2.45) is 0 Å². The van der Waals surface area contributed by atoms with Gasteiger partial charge in [0.25, 0.3) is 5.91 Å². The average Bonchev–Trinajstić information content (AvgIpc) is 2.80. The minimum atomic E-state index is -1.33. The summed E-state index contributed by atoms with van der Waals surface area (Å²) >= 11 is 0. The van der Waals surface area contributed by atoms with E-state index in [1.807, 2.05) is 55.5 Å². The van der Waals surface area contributed by atoms with E-state index in [2.05, 4.69) is 10.3 Å². The molecule has 4 nitrogen and oxygen atoms in total. The lowest BCUT2D eigenvalue weighted by atomic mass is 9.96. The van der Waals surface area contributed by atoms with E-state index in [0.717, 1.165) is 16.5 Å². The van der Waals surface area contributed by atoms with Gasteiger partial charge in [0, 0.05) is 23.6 Å². The predicted molar refractivity (Wildman–Crippen MR) is 121 cm³/mol. The number of carbonyl (C=O) groups excluding carboxylic acids is 1. The van der Waals surface area contributed by atoms with Crippen LogP contribution in [0.25, 0.3) is 10.9 Å². The Labute approximate surface area is 180 Å². The predicted octanol–water partition coefficient (Wildman–Crippen LogP) is 6.06. The molecule has 1 heterocycles. The van der Waals surface area contributed by atoms with E-state index in [1.54, 1.807) is 30.5 Å². The van der Waals surface area contributed by atoms with E-state index in [-0.39, 0.29) is 12.0 Å². The Morgan fingerprint density at radius 1 is 1.06 bits per heavy atom. The van der Waals surface area contributed by atoms with Gasteiger partial charge in [-0.2, -0.15) is 0 Å². The highest BCUT2D eigenvalue weighted by Crippen LogP contribution is 2.30. The maximum absolute atomic E-state index is 15.3. The molecule has 1 aromatic heterocycles. The molecular formula is C26H23FN2O2. The number of nitrogens with zero attached hydrogens (tertiary/aromatic N) is 1. The summed E-state index contributed by atoms with van der Waals surface area (Å²) in [4.78, 5) is 17.6. The third-order valence-electron chi connectivity index (χ3n) is 5.26. The van der Waals surface area contributed by atoms with Crippen LogP contribution in [0.2, 0.25) is 0 Å². The van der Waals surface area contributed by atoms with Gasteiger partial charge in [0.1, 0.15) is 11.9 Å². The zero-order valence-electron chi connectivity index (χ0n) is 17.4. The first-order valence-corrected chi connectivity index (χ1v) is 10.1. The molecule has 0 fully saturated rings. The van der Waals surface area contributed by atoms with E-state index in [0.29, 0.717) is 22.5 Å². The lowest BCUT2D eigenvalue weighted by molar-refractivity contribution is 0.102. The number of para-hydroxylation sites is 1. The zero-order valence-corrected chi connectivity index (χ0v) is 17.4. The summed E-state index contributed by atoms with van der Waals surface area (Å²) in [6.45, 7) is 1.99. The fourth-order valence-electron chi connectivity index (χ4n) is 3.57. The van der Waals surface area contributed by atoms with Crippen molar-refractivity contribution in [2.75, 3.05) is 12.4 Å². The van der Waals surface area contributed by atoms with Gasteiger partial charge in [0.05, 0.1) is 18.3 Å². The molecule has 5 heteroatoms. The number of rotatable bonds is 6. The summed E-state index contributed by atoms with van der Waals surface area (Å²) in [5.74, 6) is 0.0890. The van der Waals surface area contributed by atoms with Gasteiger partial charge in [-0.15, -0.1) is 0 Å². The molecule has 0 bridgehead atoms. The first-order chi connectivity index (χ1) is 15.0. The Morgan fingerprint density at radius 3 is 2.61 bits per heavy atom. The largest absolute Gasteiger partial charge is 0.497 e. The van der Waals surface area contributed by atoms with E-state index in [9.17, 15) is 4.79 Å². The molecule has 0 spiro atoms. The number of ether oxygens (including phenoxy) is 1. The number of nitrogens with one attached hydrogen (secondary N) is 1.